The van der Waals surface area contributed by atoms with Gasteiger partial charge in [-0.2, -0.15) is 0 Å². The summed E-state index contributed by atoms with van der Waals surface area (Å²) in [6.07, 6.45) is 1.79. The van der Waals surface area contributed by atoms with Crippen LogP contribution in [0.15, 0.2) is 41.0 Å². The highest BCUT2D eigenvalue weighted by Gasteiger charge is 2.34. The molecule has 1 aromatic heterocycles. The molecule has 1 saturated heterocycles. The van der Waals surface area contributed by atoms with Gasteiger partial charge in [-0.05, 0) is 36.8 Å². The maximum Gasteiger partial charge on any atom is 0.229 e. The number of aryl methyl sites for hydroxylation is 1. The van der Waals surface area contributed by atoms with Gasteiger partial charge in [0.25, 0.3) is 0 Å². The van der Waals surface area contributed by atoms with Gasteiger partial charge in [-0.3, -0.25) is 9.59 Å². The van der Waals surface area contributed by atoms with Crippen LogP contribution in [-0.4, -0.2) is 23.3 Å². The molecule has 2 aromatic rings. The van der Waals surface area contributed by atoms with Crippen molar-refractivity contribution in [2.75, 3.05) is 11.9 Å². The molecule has 0 spiro atoms. The predicted octanol–water partition coefficient (Wildman–Crippen LogP) is 3.23. The number of benzene rings is 1. The fourth-order valence-electron chi connectivity index (χ4n) is 2.61. The fraction of sp³-hybridized carbons (Fsp3) is 0.294. The molecule has 1 fully saturated rings. The molecule has 120 valence electrons. The van der Waals surface area contributed by atoms with Crippen molar-refractivity contribution in [1.82, 2.24) is 4.90 Å². The largest absolute Gasteiger partial charge is 0.467 e. The van der Waals surface area contributed by atoms with Crippen LogP contribution in [0.2, 0.25) is 5.02 Å². The van der Waals surface area contributed by atoms with Crippen molar-refractivity contribution in [3.05, 3.63) is 52.9 Å². The molecule has 5 nitrogen and oxygen atoms in total. The molecule has 23 heavy (non-hydrogen) atoms. The van der Waals surface area contributed by atoms with Gasteiger partial charge in [0.05, 0.1) is 18.7 Å². The van der Waals surface area contributed by atoms with Gasteiger partial charge in [0.1, 0.15) is 5.76 Å². The smallest absolute Gasteiger partial charge is 0.229 e. The summed E-state index contributed by atoms with van der Waals surface area (Å²) in [6.45, 7) is 2.69. The van der Waals surface area contributed by atoms with Crippen molar-refractivity contribution in [2.45, 2.75) is 19.9 Å². The number of hydrogen-bond acceptors (Lipinski definition) is 3. The molecule has 6 heteroatoms. The number of anilines is 1. The van der Waals surface area contributed by atoms with Crippen molar-refractivity contribution in [2.24, 2.45) is 5.92 Å². The Balaban J connectivity index is 1.62. The van der Waals surface area contributed by atoms with E-state index in [0.717, 1.165) is 5.56 Å². The SMILES string of the molecule is Cc1ccc(NC(=O)[C@H]2CC(=O)N(Cc3ccco3)C2)cc1Cl. The van der Waals surface area contributed by atoms with Gasteiger partial charge in [-0.15, -0.1) is 0 Å². The van der Waals surface area contributed by atoms with Crippen molar-refractivity contribution < 1.29 is 14.0 Å². The number of likely N-dealkylation sites (tertiary alicyclic amines) is 1. The molecule has 2 heterocycles. The van der Waals surface area contributed by atoms with E-state index in [1.54, 1.807) is 29.4 Å². The van der Waals surface area contributed by atoms with Crippen LogP contribution in [0.1, 0.15) is 17.7 Å². The lowest BCUT2D eigenvalue weighted by atomic mass is 10.1. The molecule has 1 aromatic carbocycles. The molecule has 1 aliphatic heterocycles. The maximum absolute atomic E-state index is 12.3. The van der Waals surface area contributed by atoms with Gasteiger partial charge < -0.3 is 14.6 Å². The van der Waals surface area contributed by atoms with Crippen LogP contribution >= 0.6 is 11.6 Å². The molecule has 0 saturated carbocycles. The van der Waals surface area contributed by atoms with Crippen molar-refractivity contribution in [3.8, 4) is 0 Å². The normalized spacial score (nSPS) is 17.6. The topological polar surface area (TPSA) is 62.6 Å². The lowest BCUT2D eigenvalue weighted by Gasteiger charge is -2.15. The Hall–Kier alpha value is -2.27. The second-order valence-corrected chi connectivity index (χ2v) is 6.12. The zero-order chi connectivity index (χ0) is 16.4. The Bertz CT molecular complexity index is 727. The zero-order valence-electron chi connectivity index (χ0n) is 12.7. The Labute approximate surface area is 139 Å². The molecule has 1 atom stereocenters. The maximum atomic E-state index is 12.3. The standard InChI is InChI=1S/C17H17ClN2O3/c1-11-4-5-13(8-15(11)18)19-17(22)12-7-16(21)20(9-12)10-14-3-2-6-23-14/h2-6,8,12H,7,9-10H2,1H3,(H,19,22)/t12-/m0/s1. The van der Waals surface area contributed by atoms with Gasteiger partial charge in [-0.1, -0.05) is 17.7 Å². The number of hydrogen-bond donors (Lipinski definition) is 1. The molecular weight excluding hydrogens is 316 g/mol. The van der Waals surface area contributed by atoms with E-state index >= 15 is 0 Å². The van der Waals surface area contributed by atoms with Crippen LogP contribution in [-0.2, 0) is 16.1 Å². The minimum Gasteiger partial charge on any atom is -0.467 e. The number of nitrogens with zero attached hydrogens (tertiary/aromatic N) is 1. The highest BCUT2D eigenvalue weighted by molar-refractivity contribution is 6.31. The van der Waals surface area contributed by atoms with Crippen molar-refractivity contribution in [1.29, 1.82) is 0 Å². The van der Waals surface area contributed by atoms with Crippen LogP contribution in [0, 0.1) is 12.8 Å². The van der Waals surface area contributed by atoms with E-state index in [0.29, 0.717) is 29.6 Å². The van der Waals surface area contributed by atoms with Crippen LogP contribution in [0.3, 0.4) is 0 Å². The summed E-state index contributed by atoms with van der Waals surface area (Å²) in [5.74, 6) is 0.144. The quantitative estimate of drug-likeness (QED) is 0.935. The average molecular weight is 333 g/mol. The minimum atomic E-state index is -0.363. The molecule has 0 bridgehead atoms. The van der Waals surface area contributed by atoms with Crippen LogP contribution < -0.4 is 5.32 Å². The molecule has 3 rings (SSSR count). The van der Waals surface area contributed by atoms with Crippen LogP contribution in [0.4, 0.5) is 5.69 Å². The van der Waals surface area contributed by atoms with Gasteiger partial charge in [0, 0.05) is 23.7 Å². The highest BCUT2D eigenvalue weighted by Crippen LogP contribution is 2.24. The monoisotopic (exact) mass is 332 g/mol. The van der Waals surface area contributed by atoms with Crippen LogP contribution in [0.5, 0.6) is 0 Å². The van der Waals surface area contributed by atoms with Gasteiger partial charge >= 0.3 is 0 Å². The fourth-order valence-corrected chi connectivity index (χ4v) is 2.79. The molecule has 1 N–H and O–H groups in total. The third-order valence-electron chi connectivity index (χ3n) is 3.95. The molecule has 0 unspecified atom stereocenters. The van der Waals surface area contributed by atoms with E-state index in [1.165, 1.54) is 0 Å². The first kappa shape index (κ1) is 15.6. The second kappa shape index (κ2) is 6.46. The summed E-state index contributed by atoms with van der Waals surface area (Å²) < 4.78 is 5.25. The van der Waals surface area contributed by atoms with E-state index in [9.17, 15) is 9.59 Å². The van der Waals surface area contributed by atoms with Gasteiger partial charge in [0.15, 0.2) is 0 Å². The van der Waals surface area contributed by atoms with Gasteiger partial charge in [0.2, 0.25) is 11.8 Å². The first-order valence-electron chi connectivity index (χ1n) is 7.40. The molecule has 2 amide bonds. The Kier molecular flexibility index (Phi) is 4.39. The third-order valence-corrected chi connectivity index (χ3v) is 4.36. The van der Waals surface area contributed by atoms with Crippen molar-refractivity contribution in [3.63, 3.8) is 0 Å². The van der Waals surface area contributed by atoms with E-state index < -0.39 is 0 Å². The summed E-state index contributed by atoms with van der Waals surface area (Å²) in [5.41, 5.74) is 1.59. The summed E-state index contributed by atoms with van der Waals surface area (Å²) in [7, 11) is 0. The highest BCUT2D eigenvalue weighted by atomic mass is 35.5. The number of carbonyl (C=O) groups is 2. The lowest BCUT2D eigenvalue weighted by molar-refractivity contribution is -0.128. The van der Waals surface area contributed by atoms with Crippen LogP contribution in [0.25, 0.3) is 0 Å². The number of carbonyl (C=O) groups excluding carboxylic acids is 2. The Morgan fingerprint density at radius 1 is 1.43 bits per heavy atom. The Morgan fingerprint density at radius 2 is 2.26 bits per heavy atom. The molecule has 1 aliphatic rings. The van der Waals surface area contributed by atoms with Gasteiger partial charge in [-0.25, -0.2) is 0 Å². The summed E-state index contributed by atoms with van der Waals surface area (Å²) >= 11 is 6.06. The van der Waals surface area contributed by atoms with E-state index in [4.69, 9.17) is 16.0 Å². The van der Waals surface area contributed by atoms with Crippen molar-refractivity contribution >= 4 is 29.1 Å². The third kappa shape index (κ3) is 3.56. The summed E-state index contributed by atoms with van der Waals surface area (Å²) in [4.78, 5) is 26.0. The molecular formula is C17H17ClN2O3. The summed E-state index contributed by atoms with van der Waals surface area (Å²) in [5, 5.41) is 3.43. The number of nitrogens with one attached hydrogen (secondary N) is 1. The van der Waals surface area contributed by atoms with E-state index in [2.05, 4.69) is 5.32 Å². The zero-order valence-corrected chi connectivity index (χ0v) is 13.5. The predicted molar refractivity (Wildman–Crippen MR) is 87.1 cm³/mol. The van der Waals surface area contributed by atoms with E-state index in [1.807, 2.05) is 19.1 Å². The Morgan fingerprint density at radius 3 is 2.96 bits per heavy atom. The van der Waals surface area contributed by atoms with E-state index in [-0.39, 0.29) is 24.2 Å². The average Bonchev–Trinajstić information content (AvgIpc) is 3.14. The number of amides is 2. The second-order valence-electron chi connectivity index (χ2n) is 5.71. The first-order chi connectivity index (χ1) is 11.0. The minimum absolute atomic E-state index is 0.0384. The lowest BCUT2D eigenvalue weighted by Crippen LogP contribution is -2.27. The number of halogens is 1. The molecule has 0 aliphatic carbocycles. The first-order valence-corrected chi connectivity index (χ1v) is 7.78. The molecule has 0 radical (unpaired) electrons. The number of furan rings is 1. The summed E-state index contributed by atoms with van der Waals surface area (Å²) in [6, 6.07) is 8.96. The number of rotatable bonds is 4.